The van der Waals surface area contributed by atoms with Crippen LogP contribution in [0.4, 0.5) is 13.2 Å². The molecular formula is C20H22F3N5O2S. The molecule has 0 radical (unpaired) electrons. The fourth-order valence-electron chi connectivity index (χ4n) is 4.48. The third-order valence-electron chi connectivity index (χ3n) is 5.88. The maximum atomic E-state index is 14.9. The molecule has 1 saturated carbocycles. The van der Waals surface area contributed by atoms with Crippen LogP contribution >= 0.6 is 11.8 Å². The molecule has 1 aromatic rings. The lowest BCUT2D eigenvalue weighted by Crippen LogP contribution is -2.46. The van der Waals surface area contributed by atoms with E-state index >= 15 is 0 Å². The van der Waals surface area contributed by atoms with E-state index in [1.54, 1.807) is 0 Å². The molecule has 1 aliphatic heterocycles. The average molecular weight is 453 g/mol. The highest BCUT2D eigenvalue weighted by atomic mass is 32.2. The number of allylic oxidation sites excluding steroid dienone is 3. The minimum Gasteiger partial charge on any atom is -0.470 e. The molecule has 0 spiro atoms. The maximum Gasteiger partial charge on any atom is 0.275 e. The number of rotatable bonds is 6. The van der Waals surface area contributed by atoms with Crippen molar-refractivity contribution >= 4 is 22.8 Å². The summed E-state index contributed by atoms with van der Waals surface area (Å²) in [6.45, 7) is -0.805. The monoisotopic (exact) mass is 453 g/mol. The van der Waals surface area contributed by atoms with Crippen LogP contribution in [0.2, 0.25) is 0 Å². The minimum atomic E-state index is -2.63. The quantitative estimate of drug-likeness (QED) is 0.686. The molecule has 0 bridgehead atoms. The van der Waals surface area contributed by atoms with Crippen molar-refractivity contribution in [3.05, 3.63) is 41.8 Å². The summed E-state index contributed by atoms with van der Waals surface area (Å²) in [7, 11) is 0. The van der Waals surface area contributed by atoms with Crippen molar-refractivity contribution in [2.45, 2.75) is 37.6 Å². The summed E-state index contributed by atoms with van der Waals surface area (Å²) in [4.78, 5) is 25.0. The van der Waals surface area contributed by atoms with E-state index < -0.39 is 30.4 Å². The number of aliphatic imine (C=N–C) groups is 1. The largest absolute Gasteiger partial charge is 0.470 e. The van der Waals surface area contributed by atoms with Gasteiger partial charge in [-0.25, -0.2) is 23.1 Å². The summed E-state index contributed by atoms with van der Waals surface area (Å²) in [5, 5.41) is 3.23. The van der Waals surface area contributed by atoms with Gasteiger partial charge in [0.05, 0.1) is 17.9 Å². The second-order valence-corrected chi connectivity index (χ2v) is 8.78. The first kappa shape index (κ1) is 21.7. The Morgan fingerprint density at radius 1 is 1.35 bits per heavy atom. The SMILES string of the molecule is NC1=NC2(C3CC(NC(=O)c4cnc(OCC(F)F)cn4)=CC=C3F)CCC[C@H]2CS1. The smallest absolute Gasteiger partial charge is 0.275 e. The highest BCUT2D eigenvalue weighted by molar-refractivity contribution is 8.13. The summed E-state index contributed by atoms with van der Waals surface area (Å²) in [6, 6.07) is 0. The molecule has 1 aromatic heterocycles. The van der Waals surface area contributed by atoms with Gasteiger partial charge in [0.15, 0.2) is 11.8 Å². The molecule has 3 N–H and O–H groups in total. The molecule has 3 atom stereocenters. The topological polar surface area (TPSA) is 102 Å². The first-order chi connectivity index (χ1) is 14.9. The van der Waals surface area contributed by atoms with Crippen LogP contribution < -0.4 is 15.8 Å². The fourth-order valence-corrected chi connectivity index (χ4v) is 5.54. The third-order valence-corrected chi connectivity index (χ3v) is 6.84. The molecule has 3 aliphatic rings. The molecule has 0 saturated heterocycles. The molecule has 11 heteroatoms. The second kappa shape index (κ2) is 8.89. The van der Waals surface area contributed by atoms with Crippen molar-refractivity contribution in [1.29, 1.82) is 0 Å². The van der Waals surface area contributed by atoms with Crippen molar-refractivity contribution < 1.29 is 22.7 Å². The first-order valence-corrected chi connectivity index (χ1v) is 10.9. The van der Waals surface area contributed by atoms with Crippen LogP contribution in [0.25, 0.3) is 0 Å². The van der Waals surface area contributed by atoms with E-state index in [4.69, 9.17) is 15.5 Å². The molecule has 0 aromatic carbocycles. The van der Waals surface area contributed by atoms with Gasteiger partial charge in [0.1, 0.15) is 11.5 Å². The predicted octanol–water partition coefficient (Wildman–Crippen LogP) is 3.21. The van der Waals surface area contributed by atoms with E-state index in [1.807, 2.05) is 0 Å². The molecule has 2 aliphatic carbocycles. The van der Waals surface area contributed by atoms with Crippen molar-refractivity contribution in [2.24, 2.45) is 22.6 Å². The zero-order chi connectivity index (χ0) is 22.0. The molecule has 1 amide bonds. The molecule has 31 heavy (non-hydrogen) atoms. The number of nitrogens with one attached hydrogen (secondary N) is 1. The van der Waals surface area contributed by atoms with Gasteiger partial charge in [0, 0.05) is 17.4 Å². The minimum absolute atomic E-state index is 0.00916. The molecule has 166 valence electrons. The zero-order valence-electron chi connectivity index (χ0n) is 16.6. The number of amidine groups is 1. The molecular weight excluding hydrogens is 431 g/mol. The highest BCUT2D eigenvalue weighted by Gasteiger charge is 2.52. The van der Waals surface area contributed by atoms with Crippen LogP contribution in [-0.2, 0) is 0 Å². The van der Waals surface area contributed by atoms with E-state index in [0.717, 1.165) is 37.4 Å². The number of fused-ring (bicyclic) bond motifs is 1. The highest BCUT2D eigenvalue weighted by Crippen LogP contribution is 2.52. The number of carbonyl (C=O) groups excluding carboxylic acids is 1. The van der Waals surface area contributed by atoms with Crippen LogP contribution in [0.15, 0.2) is 41.1 Å². The van der Waals surface area contributed by atoms with E-state index in [-0.39, 0.29) is 29.7 Å². The van der Waals surface area contributed by atoms with Crippen molar-refractivity contribution in [3.8, 4) is 5.88 Å². The lowest BCUT2D eigenvalue weighted by Gasteiger charge is -2.42. The van der Waals surface area contributed by atoms with Crippen LogP contribution in [0.1, 0.15) is 36.2 Å². The van der Waals surface area contributed by atoms with Crippen LogP contribution in [0.5, 0.6) is 5.88 Å². The average Bonchev–Trinajstić information content (AvgIpc) is 3.17. The molecule has 2 unspecified atom stereocenters. The number of aromatic nitrogens is 2. The van der Waals surface area contributed by atoms with Gasteiger partial charge in [-0.2, -0.15) is 0 Å². The van der Waals surface area contributed by atoms with Crippen LogP contribution in [-0.4, -0.2) is 45.4 Å². The summed E-state index contributed by atoms with van der Waals surface area (Å²) in [6.07, 6.45) is 5.51. The fraction of sp³-hybridized carbons (Fsp3) is 0.500. The Hall–Kier alpha value is -2.56. The van der Waals surface area contributed by atoms with Crippen molar-refractivity contribution in [2.75, 3.05) is 12.4 Å². The van der Waals surface area contributed by atoms with Gasteiger partial charge in [-0.1, -0.05) is 18.2 Å². The third kappa shape index (κ3) is 4.56. The Kier molecular flexibility index (Phi) is 6.22. The Bertz CT molecular complexity index is 937. The number of halogens is 3. The lowest BCUT2D eigenvalue weighted by molar-refractivity contribution is 0.0792. The summed E-state index contributed by atoms with van der Waals surface area (Å²) >= 11 is 1.51. The maximum absolute atomic E-state index is 14.9. The lowest BCUT2D eigenvalue weighted by atomic mass is 9.72. The number of carbonyl (C=O) groups is 1. The molecule has 7 nitrogen and oxygen atoms in total. The summed E-state index contributed by atoms with van der Waals surface area (Å²) < 4.78 is 44.0. The van der Waals surface area contributed by atoms with Gasteiger partial charge < -0.3 is 15.8 Å². The van der Waals surface area contributed by atoms with Gasteiger partial charge in [-0.05, 0) is 37.3 Å². The molecule has 1 fully saturated rings. The number of hydrogen-bond acceptors (Lipinski definition) is 7. The standard InChI is InChI=1S/C20H22F3N5O2S/c21-14-4-3-12(6-13(14)20-5-1-2-11(20)10-31-19(24)28-20)27-18(29)15-7-26-17(8-25-15)30-9-16(22)23/h3-4,7-8,11,13,16H,1-2,5-6,9-10H2,(H2,24,28)(H,27,29)/t11-,13?,20?/m0/s1. The van der Waals surface area contributed by atoms with E-state index in [0.29, 0.717) is 10.9 Å². The number of nitrogens with zero attached hydrogens (tertiary/aromatic N) is 3. The number of ether oxygens (including phenoxy) is 1. The van der Waals surface area contributed by atoms with E-state index in [1.165, 1.54) is 23.9 Å². The van der Waals surface area contributed by atoms with Crippen molar-refractivity contribution in [3.63, 3.8) is 0 Å². The normalized spacial score (nSPS) is 27.8. The number of thioether (sulfide) groups is 1. The zero-order valence-corrected chi connectivity index (χ0v) is 17.4. The van der Waals surface area contributed by atoms with Crippen LogP contribution in [0.3, 0.4) is 0 Å². The Morgan fingerprint density at radius 2 is 2.19 bits per heavy atom. The van der Waals surface area contributed by atoms with Gasteiger partial charge in [-0.3, -0.25) is 9.79 Å². The number of alkyl halides is 2. The number of nitrogens with two attached hydrogens (primary N) is 1. The van der Waals surface area contributed by atoms with E-state index in [9.17, 15) is 18.0 Å². The summed E-state index contributed by atoms with van der Waals surface area (Å²) in [5.41, 5.74) is 5.95. The second-order valence-electron chi connectivity index (χ2n) is 7.74. The Morgan fingerprint density at radius 3 is 2.94 bits per heavy atom. The first-order valence-electron chi connectivity index (χ1n) is 9.96. The van der Waals surface area contributed by atoms with Crippen LogP contribution in [0, 0.1) is 11.8 Å². The molecule has 2 heterocycles. The Labute approximate surface area is 181 Å². The van der Waals surface area contributed by atoms with Gasteiger partial charge in [0.2, 0.25) is 5.88 Å². The van der Waals surface area contributed by atoms with Gasteiger partial charge in [0.25, 0.3) is 12.3 Å². The van der Waals surface area contributed by atoms with E-state index in [2.05, 4.69) is 15.3 Å². The van der Waals surface area contributed by atoms with Gasteiger partial charge in [-0.15, -0.1) is 0 Å². The van der Waals surface area contributed by atoms with Crippen molar-refractivity contribution in [1.82, 2.24) is 15.3 Å². The molecule has 4 rings (SSSR count). The predicted molar refractivity (Wildman–Crippen MR) is 111 cm³/mol. The Balaban J connectivity index is 1.45. The van der Waals surface area contributed by atoms with Gasteiger partial charge >= 0.3 is 0 Å². The summed E-state index contributed by atoms with van der Waals surface area (Å²) in [5.74, 6) is -0.313. The number of amides is 1. The number of hydrogen-bond donors (Lipinski definition) is 2.